The fourth-order valence-electron chi connectivity index (χ4n) is 1.79. The average Bonchev–Trinajstić information content (AvgIpc) is 2.59. The molecule has 0 saturated heterocycles. The molecule has 0 aliphatic carbocycles. The van der Waals surface area contributed by atoms with Gasteiger partial charge in [-0.15, -0.1) is 0 Å². The predicted molar refractivity (Wildman–Crippen MR) is 56.6 cm³/mol. The van der Waals surface area contributed by atoms with Crippen molar-refractivity contribution in [1.29, 1.82) is 0 Å². The number of aryl methyl sites for hydroxylation is 1. The molecule has 0 amide bonds. The van der Waals surface area contributed by atoms with Crippen LogP contribution in [0.3, 0.4) is 0 Å². The van der Waals surface area contributed by atoms with Gasteiger partial charge in [0.25, 0.3) is 0 Å². The second-order valence-electron chi connectivity index (χ2n) is 3.49. The Bertz CT molecular complexity index is 447. The van der Waals surface area contributed by atoms with E-state index in [2.05, 4.69) is 16.7 Å². The van der Waals surface area contributed by atoms with Crippen LogP contribution in [0.15, 0.2) is 30.5 Å². The van der Waals surface area contributed by atoms with Gasteiger partial charge in [-0.25, -0.2) is 5.90 Å². The van der Waals surface area contributed by atoms with Crippen molar-refractivity contribution in [2.75, 3.05) is 0 Å². The minimum atomic E-state index is -0.0766. The number of fused-ring (bicyclic) bond motifs is 1. The van der Waals surface area contributed by atoms with Crippen LogP contribution in [0.5, 0.6) is 0 Å². The highest BCUT2D eigenvalue weighted by atomic mass is 16.6. The number of hydrogen-bond acceptors (Lipinski definition) is 2. The van der Waals surface area contributed by atoms with Crippen LogP contribution in [0.2, 0.25) is 0 Å². The number of aromatic nitrogens is 1. The molecule has 3 heteroatoms. The van der Waals surface area contributed by atoms with Gasteiger partial charge in [0.15, 0.2) is 0 Å². The van der Waals surface area contributed by atoms with E-state index >= 15 is 0 Å². The molecular weight excluding hydrogens is 176 g/mol. The lowest BCUT2D eigenvalue weighted by Crippen LogP contribution is -2.06. The van der Waals surface area contributed by atoms with Crippen molar-refractivity contribution in [1.82, 2.24) is 4.57 Å². The summed E-state index contributed by atoms with van der Waals surface area (Å²) in [6, 6.07) is 8.23. The molecule has 2 rings (SSSR count). The first kappa shape index (κ1) is 9.24. The second-order valence-corrected chi connectivity index (χ2v) is 3.49. The SMILES string of the molecule is CC(ON)c1cccc2ccn(C)c12. The Balaban J connectivity index is 2.69. The molecular formula is C11H14N2O. The van der Waals surface area contributed by atoms with Gasteiger partial charge in [0, 0.05) is 18.8 Å². The molecule has 1 aromatic carbocycles. The number of benzene rings is 1. The molecule has 3 nitrogen and oxygen atoms in total. The summed E-state index contributed by atoms with van der Waals surface area (Å²) in [6.45, 7) is 1.95. The van der Waals surface area contributed by atoms with Crippen LogP contribution < -0.4 is 5.90 Å². The van der Waals surface area contributed by atoms with Gasteiger partial charge in [-0.1, -0.05) is 18.2 Å². The van der Waals surface area contributed by atoms with Crippen LogP contribution in [-0.4, -0.2) is 4.57 Å². The predicted octanol–water partition coefficient (Wildman–Crippen LogP) is 2.13. The Morgan fingerprint density at radius 1 is 1.36 bits per heavy atom. The minimum absolute atomic E-state index is 0.0766. The highest BCUT2D eigenvalue weighted by molar-refractivity contribution is 5.83. The molecule has 0 aliphatic heterocycles. The Morgan fingerprint density at radius 3 is 2.86 bits per heavy atom. The lowest BCUT2D eigenvalue weighted by molar-refractivity contribution is 0.0672. The third kappa shape index (κ3) is 1.31. The molecule has 2 aromatic rings. The van der Waals surface area contributed by atoms with E-state index in [0.717, 1.165) is 5.56 Å². The zero-order valence-corrected chi connectivity index (χ0v) is 8.40. The normalized spacial score (nSPS) is 13.4. The molecule has 1 heterocycles. The molecule has 1 aromatic heterocycles. The van der Waals surface area contributed by atoms with E-state index in [1.165, 1.54) is 10.9 Å². The lowest BCUT2D eigenvalue weighted by Gasteiger charge is -2.11. The number of nitrogens with zero attached hydrogens (tertiary/aromatic N) is 1. The summed E-state index contributed by atoms with van der Waals surface area (Å²) in [5.74, 6) is 5.20. The monoisotopic (exact) mass is 190 g/mol. The molecule has 0 radical (unpaired) electrons. The van der Waals surface area contributed by atoms with Gasteiger partial charge in [-0.2, -0.15) is 0 Å². The topological polar surface area (TPSA) is 40.2 Å². The maximum Gasteiger partial charge on any atom is 0.103 e. The zero-order chi connectivity index (χ0) is 10.1. The van der Waals surface area contributed by atoms with E-state index in [-0.39, 0.29) is 6.10 Å². The Hall–Kier alpha value is -1.32. The molecule has 1 unspecified atom stereocenters. The maximum absolute atomic E-state index is 5.20. The molecule has 74 valence electrons. The van der Waals surface area contributed by atoms with E-state index < -0.39 is 0 Å². The van der Waals surface area contributed by atoms with Gasteiger partial charge in [0.2, 0.25) is 0 Å². The number of hydrogen-bond donors (Lipinski definition) is 1. The molecule has 2 N–H and O–H groups in total. The standard InChI is InChI=1S/C11H14N2O/c1-8(14-12)10-5-3-4-9-6-7-13(2)11(9)10/h3-8H,12H2,1-2H3. The van der Waals surface area contributed by atoms with Gasteiger partial charge >= 0.3 is 0 Å². The number of rotatable bonds is 2. The molecule has 0 saturated carbocycles. The molecule has 0 bridgehead atoms. The van der Waals surface area contributed by atoms with Crippen LogP contribution in [0.25, 0.3) is 10.9 Å². The summed E-state index contributed by atoms with van der Waals surface area (Å²) in [5.41, 5.74) is 2.31. The van der Waals surface area contributed by atoms with E-state index in [9.17, 15) is 0 Å². The largest absolute Gasteiger partial charge is 0.350 e. The van der Waals surface area contributed by atoms with Gasteiger partial charge < -0.3 is 4.57 Å². The second kappa shape index (κ2) is 3.44. The van der Waals surface area contributed by atoms with Gasteiger partial charge in [-0.3, -0.25) is 4.84 Å². The summed E-state index contributed by atoms with van der Waals surface area (Å²) >= 11 is 0. The zero-order valence-electron chi connectivity index (χ0n) is 8.40. The third-order valence-corrected chi connectivity index (χ3v) is 2.57. The van der Waals surface area contributed by atoms with Crippen LogP contribution in [-0.2, 0) is 11.9 Å². The third-order valence-electron chi connectivity index (χ3n) is 2.57. The summed E-state index contributed by atoms with van der Waals surface area (Å²) in [5, 5.41) is 1.22. The number of para-hydroxylation sites is 1. The highest BCUT2D eigenvalue weighted by Gasteiger charge is 2.10. The average molecular weight is 190 g/mol. The lowest BCUT2D eigenvalue weighted by atomic mass is 10.1. The quantitative estimate of drug-likeness (QED) is 0.737. The minimum Gasteiger partial charge on any atom is -0.350 e. The molecule has 0 fully saturated rings. The first-order chi connectivity index (χ1) is 6.74. The Labute approximate surface area is 83.0 Å². The van der Waals surface area contributed by atoms with E-state index in [0.29, 0.717) is 0 Å². The fraction of sp³-hybridized carbons (Fsp3) is 0.273. The van der Waals surface area contributed by atoms with E-state index in [1.54, 1.807) is 0 Å². The first-order valence-corrected chi connectivity index (χ1v) is 4.63. The van der Waals surface area contributed by atoms with Crippen molar-refractivity contribution >= 4 is 10.9 Å². The molecule has 0 spiro atoms. The van der Waals surface area contributed by atoms with Crippen molar-refractivity contribution in [3.8, 4) is 0 Å². The maximum atomic E-state index is 5.20. The van der Waals surface area contributed by atoms with Gasteiger partial charge in [0.1, 0.15) is 6.10 Å². The highest BCUT2D eigenvalue weighted by Crippen LogP contribution is 2.25. The smallest absolute Gasteiger partial charge is 0.103 e. The van der Waals surface area contributed by atoms with Crippen LogP contribution in [0.1, 0.15) is 18.6 Å². The van der Waals surface area contributed by atoms with Crippen LogP contribution in [0, 0.1) is 0 Å². The van der Waals surface area contributed by atoms with Crippen molar-refractivity contribution in [3.05, 3.63) is 36.0 Å². The molecule has 14 heavy (non-hydrogen) atoms. The van der Waals surface area contributed by atoms with Crippen molar-refractivity contribution < 1.29 is 4.84 Å². The number of nitrogens with two attached hydrogens (primary N) is 1. The first-order valence-electron chi connectivity index (χ1n) is 4.63. The van der Waals surface area contributed by atoms with Gasteiger partial charge in [-0.05, 0) is 18.4 Å². The van der Waals surface area contributed by atoms with E-state index in [4.69, 9.17) is 10.7 Å². The molecule has 1 atom stereocenters. The van der Waals surface area contributed by atoms with Crippen LogP contribution in [0.4, 0.5) is 0 Å². The fourth-order valence-corrected chi connectivity index (χ4v) is 1.79. The molecule has 0 aliphatic rings. The summed E-state index contributed by atoms with van der Waals surface area (Å²) < 4.78 is 2.08. The summed E-state index contributed by atoms with van der Waals surface area (Å²) in [7, 11) is 2.02. The van der Waals surface area contributed by atoms with Crippen molar-refractivity contribution in [2.45, 2.75) is 13.0 Å². The van der Waals surface area contributed by atoms with Gasteiger partial charge in [0.05, 0.1) is 5.52 Å². The Morgan fingerprint density at radius 2 is 2.14 bits per heavy atom. The summed E-state index contributed by atoms with van der Waals surface area (Å²) in [6.07, 6.45) is 1.96. The van der Waals surface area contributed by atoms with Crippen molar-refractivity contribution in [2.24, 2.45) is 12.9 Å². The van der Waals surface area contributed by atoms with E-state index in [1.807, 2.05) is 32.3 Å². The van der Waals surface area contributed by atoms with Crippen LogP contribution >= 0.6 is 0 Å². The van der Waals surface area contributed by atoms with Crippen molar-refractivity contribution in [3.63, 3.8) is 0 Å². The summed E-state index contributed by atoms with van der Waals surface area (Å²) in [4.78, 5) is 4.86. The Kier molecular flexibility index (Phi) is 2.27.